The molecule has 0 amide bonds. The monoisotopic (exact) mass is 218 g/mol. The van der Waals surface area contributed by atoms with Gasteiger partial charge in [-0.1, -0.05) is 42.4 Å². The van der Waals surface area contributed by atoms with Gasteiger partial charge in [-0.25, -0.2) is 0 Å². The highest BCUT2D eigenvalue weighted by molar-refractivity contribution is 5.21. The molecule has 1 aromatic carbocycles. The standard InChI is InChI=1S/C12H14N2O2/c1-2-6-10-13-12(16-14-10)11(15)9-7-4-3-5-8-9/h3-5,7-8,11,15H,2,6H2,1H3. The van der Waals surface area contributed by atoms with E-state index in [-0.39, 0.29) is 5.89 Å². The number of hydrogen-bond donors (Lipinski definition) is 1. The number of rotatable bonds is 4. The molecule has 0 aliphatic rings. The Labute approximate surface area is 93.9 Å². The van der Waals surface area contributed by atoms with Crippen LogP contribution < -0.4 is 0 Å². The Balaban J connectivity index is 2.17. The molecule has 1 aromatic heterocycles. The molecule has 4 nitrogen and oxygen atoms in total. The Morgan fingerprint density at radius 3 is 2.75 bits per heavy atom. The quantitative estimate of drug-likeness (QED) is 0.853. The SMILES string of the molecule is CCCc1noc(C(O)c2ccccc2)n1. The predicted molar refractivity (Wildman–Crippen MR) is 58.8 cm³/mol. The topological polar surface area (TPSA) is 59.2 Å². The van der Waals surface area contributed by atoms with Gasteiger partial charge in [-0.3, -0.25) is 0 Å². The Bertz CT molecular complexity index is 439. The Hall–Kier alpha value is -1.68. The predicted octanol–water partition coefficient (Wildman–Crippen LogP) is 2.10. The molecule has 1 atom stereocenters. The number of hydrogen-bond acceptors (Lipinski definition) is 4. The summed E-state index contributed by atoms with van der Waals surface area (Å²) < 4.78 is 5.02. The van der Waals surface area contributed by atoms with Gasteiger partial charge in [-0.15, -0.1) is 0 Å². The normalized spacial score (nSPS) is 12.6. The minimum absolute atomic E-state index is 0.259. The van der Waals surface area contributed by atoms with Crippen LogP contribution in [0.2, 0.25) is 0 Å². The lowest BCUT2D eigenvalue weighted by Crippen LogP contribution is -1.99. The number of nitrogens with zero attached hydrogens (tertiary/aromatic N) is 2. The van der Waals surface area contributed by atoms with Gasteiger partial charge in [0.1, 0.15) is 0 Å². The summed E-state index contributed by atoms with van der Waals surface area (Å²) in [4.78, 5) is 4.15. The van der Waals surface area contributed by atoms with Gasteiger partial charge in [0.05, 0.1) is 0 Å². The molecule has 1 heterocycles. The fourth-order valence-electron chi connectivity index (χ4n) is 1.48. The molecule has 2 rings (SSSR count). The van der Waals surface area contributed by atoms with Crippen molar-refractivity contribution >= 4 is 0 Å². The highest BCUT2D eigenvalue weighted by Gasteiger charge is 2.17. The molecular weight excluding hydrogens is 204 g/mol. The van der Waals surface area contributed by atoms with Gasteiger partial charge in [-0.05, 0) is 12.0 Å². The first-order valence-corrected chi connectivity index (χ1v) is 5.36. The first kappa shape index (κ1) is 10.8. The van der Waals surface area contributed by atoms with Crippen molar-refractivity contribution in [2.45, 2.75) is 25.9 Å². The summed E-state index contributed by atoms with van der Waals surface area (Å²) in [6.45, 7) is 2.05. The van der Waals surface area contributed by atoms with Crippen LogP contribution in [-0.2, 0) is 6.42 Å². The third kappa shape index (κ3) is 2.28. The average molecular weight is 218 g/mol. The smallest absolute Gasteiger partial charge is 0.260 e. The highest BCUT2D eigenvalue weighted by Crippen LogP contribution is 2.19. The molecule has 4 heteroatoms. The fourth-order valence-corrected chi connectivity index (χ4v) is 1.48. The molecule has 1 unspecified atom stereocenters. The summed E-state index contributed by atoms with van der Waals surface area (Å²) in [6.07, 6.45) is 0.894. The summed E-state index contributed by atoms with van der Waals surface area (Å²) in [7, 11) is 0. The molecular formula is C12H14N2O2. The minimum atomic E-state index is -0.834. The van der Waals surface area contributed by atoms with Crippen molar-refractivity contribution < 1.29 is 9.63 Å². The largest absolute Gasteiger partial charge is 0.378 e. The van der Waals surface area contributed by atoms with Crippen LogP contribution in [0.1, 0.15) is 36.7 Å². The molecule has 0 aliphatic carbocycles. The number of aryl methyl sites for hydroxylation is 1. The third-order valence-electron chi connectivity index (χ3n) is 2.31. The van der Waals surface area contributed by atoms with Crippen LogP contribution in [0.4, 0.5) is 0 Å². The minimum Gasteiger partial charge on any atom is -0.378 e. The molecule has 0 saturated carbocycles. The lowest BCUT2D eigenvalue weighted by molar-refractivity contribution is 0.170. The molecule has 1 N–H and O–H groups in total. The Morgan fingerprint density at radius 2 is 2.06 bits per heavy atom. The van der Waals surface area contributed by atoms with Gasteiger partial charge in [0, 0.05) is 6.42 Å². The van der Waals surface area contributed by atoms with E-state index in [0.29, 0.717) is 5.82 Å². The van der Waals surface area contributed by atoms with Gasteiger partial charge in [0.15, 0.2) is 11.9 Å². The lowest BCUT2D eigenvalue weighted by atomic mass is 10.1. The van der Waals surface area contributed by atoms with Crippen LogP contribution in [0.3, 0.4) is 0 Å². The molecule has 2 aromatic rings. The summed E-state index contributed by atoms with van der Waals surface area (Å²) in [5.41, 5.74) is 0.759. The molecule has 0 spiro atoms. The second-order valence-electron chi connectivity index (χ2n) is 3.61. The third-order valence-corrected chi connectivity index (χ3v) is 2.31. The summed E-state index contributed by atoms with van der Waals surface area (Å²) in [6, 6.07) is 9.28. The van der Waals surface area contributed by atoms with Gasteiger partial charge in [0.25, 0.3) is 5.89 Å². The van der Waals surface area contributed by atoms with Crippen molar-refractivity contribution in [3.63, 3.8) is 0 Å². The van der Waals surface area contributed by atoms with Crippen LogP contribution in [0.15, 0.2) is 34.9 Å². The van der Waals surface area contributed by atoms with Crippen molar-refractivity contribution in [1.82, 2.24) is 10.1 Å². The van der Waals surface area contributed by atoms with Gasteiger partial charge < -0.3 is 9.63 Å². The Morgan fingerprint density at radius 1 is 1.31 bits per heavy atom. The molecule has 0 saturated heterocycles. The van der Waals surface area contributed by atoms with Crippen LogP contribution in [0.25, 0.3) is 0 Å². The summed E-state index contributed by atoms with van der Waals surface area (Å²) in [5.74, 6) is 0.905. The van der Waals surface area contributed by atoms with Crippen molar-refractivity contribution in [2.75, 3.05) is 0 Å². The van der Waals surface area contributed by atoms with Crippen LogP contribution in [0.5, 0.6) is 0 Å². The van der Waals surface area contributed by atoms with E-state index in [1.807, 2.05) is 37.3 Å². The highest BCUT2D eigenvalue weighted by atomic mass is 16.5. The first-order valence-electron chi connectivity index (χ1n) is 5.36. The van der Waals surface area contributed by atoms with E-state index in [2.05, 4.69) is 10.1 Å². The van der Waals surface area contributed by atoms with E-state index >= 15 is 0 Å². The van der Waals surface area contributed by atoms with E-state index < -0.39 is 6.10 Å². The van der Waals surface area contributed by atoms with Crippen LogP contribution >= 0.6 is 0 Å². The molecule has 0 radical (unpaired) electrons. The van der Waals surface area contributed by atoms with Crippen LogP contribution in [-0.4, -0.2) is 15.2 Å². The number of aliphatic hydroxyl groups is 1. The zero-order chi connectivity index (χ0) is 11.4. The zero-order valence-corrected chi connectivity index (χ0v) is 9.13. The second kappa shape index (κ2) is 4.90. The first-order chi connectivity index (χ1) is 7.81. The van der Waals surface area contributed by atoms with E-state index in [1.54, 1.807) is 0 Å². The van der Waals surface area contributed by atoms with E-state index in [9.17, 15) is 5.11 Å². The maximum Gasteiger partial charge on any atom is 0.260 e. The molecule has 0 aliphatic heterocycles. The average Bonchev–Trinajstić information content (AvgIpc) is 2.78. The molecule has 0 fully saturated rings. The van der Waals surface area contributed by atoms with Gasteiger partial charge >= 0.3 is 0 Å². The number of benzene rings is 1. The van der Waals surface area contributed by atoms with E-state index in [0.717, 1.165) is 18.4 Å². The van der Waals surface area contributed by atoms with E-state index in [1.165, 1.54) is 0 Å². The van der Waals surface area contributed by atoms with Crippen molar-refractivity contribution in [1.29, 1.82) is 0 Å². The molecule has 0 bridgehead atoms. The fraction of sp³-hybridized carbons (Fsp3) is 0.333. The lowest BCUT2D eigenvalue weighted by Gasteiger charge is -2.04. The number of aromatic nitrogens is 2. The zero-order valence-electron chi connectivity index (χ0n) is 9.13. The van der Waals surface area contributed by atoms with E-state index in [4.69, 9.17) is 4.52 Å². The second-order valence-corrected chi connectivity index (χ2v) is 3.61. The van der Waals surface area contributed by atoms with Gasteiger partial charge in [-0.2, -0.15) is 4.98 Å². The maximum absolute atomic E-state index is 9.98. The van der Waals surface area contributed by atoms with Crippen molar-refractivity contribution in [3.8, 4) is 0 Å². The Kier molecular flexibility index (Phi) is 3.31. The molecule has 16 heavy (non-hydrogen) atoms. The van der Waals surface area contributed by atoms with Crippen molar-refractivity contribution in [3.05, 3.63) is 47.6 Å². The van der Waals surface area contributed by atoms with Crippen LogP contribution in [0, 0.1) is 0 Å². The number of aliphatic hydroxyl groups excluding tert-OH is 1. The summed E-state index contributed by atoms with van der Waals surface area (Å²) in [5, 5.41) is 13.8. The maximum atomic E-state index is 9.98. The summed E-state index contributed by atoms with van der Waals surface area (Å²) >= 11 is 0. The van der Waals surface area contributed by atoms with Gasteiger partial charge in [0.2, 0.25) is 0 Å². The van der Waals surface area contributed by atoms with Crippen molar-refractivity contribution in [2.24, 2.45) is 0 Å². The molecule has 84 valence electrons.